The molecule has 0 unspecified atom stereocenters. The van der Waals surface area contributed by atoms with Gasteiger partial charge in [0.2, 0.25) is 0 Å². The van der Waals surface area contributed by atoms with Crippen molar-refractivity contribution in [2.45, 2.75) is 0 Å². The monoisotopic (exact) mass is 488 g/mol. The fourth-order valence-electron chi connectivity index (χ4n) is 5.89. The third-order valence-electron chi connectivity index (χ3n) is 7.66. The van der Waals surface area contributed by atoms with Gasteiger partial charge < -0.3 is 9.13 Å². The van der Waals surface area contributed by atoms with Crippen molar-refractivity contribution in [3.63, 3.8) is 0 Å². The molecule has 4 heterocycles. The van der Waals surface area contributed by atoms with Gasteiger partial charge in [0.15, 0.2) is 0 Å². The summed E-state index contributed by atoms with van der Waals surface area (Å²) in [5, 5.41) is 4.90. The molecule has 0 aliphatic rings. The number of hydrogen-bond acceptors (Lipinski definition) is 1. The zero-order valence-electron chi connectivity index (χ0n) is 20.9. The summed E-state index contributed by atoms with van der Waals surface area (Å²) in [5.74, 6) is 1.81. The van der Waals surface area contributed by atoms with Crippen LogP contribution in [0, 0.1) is 0 Å². The summed E-state index contributed by atoms with van der Waals surface area (Å²) < 4.78 is 6.70. The third kappa shape index (κ3) is 3.01. The van der Waals surface area contributed by atoms with Crippen molar-refractivity contribution >= 4 is 43.6 Å². The summed E-state index contributed by atoms with van der Waals surface area (Å²) in [6.45, 7) is 0. The summed E-state index contributed by atoms with van der Waals surface area (Å²) in [4.78, 5) is 5.19. The molecule has 0 aliphatic heterocycles. The van der Waals surface area contributed by atoms with Crippen LogP contribution in [0.1, 0.15) is 0 Å². The number of fused-ring (bicyclic) bond motifs is 5. The highest BCUT2D eigenvalue weighted by Crippen LogP contribution is 2.38. The van der Waals surface area contributed by atoms with E-state index in [1.807, 2.05) is 0 Å². The smallest absolute Gasteiger partial charge is 0.140 e. The van der Waals surface area contributed by atoms with E-state index in [2.05, 4.69) is 148 Å². The van der Waals surface area contributed by atoms with Crippen molar-refractivity contribution in [3.05, 3.63) is 128 Å². The number of aryl methyl sites for hydroxylation is 1. The Labute approximate surface area is 219 Å². The van der Waals surface area contributed by atoms with Crippen molar-refractivity contribution in [2.24, 2.45) is 7.05 Å². The average molecular weight is 489 g/mol. The van der Waals surface area contributed by atoms with Gasteiger partial charge in [-0.25, -0.2) is 4.98 Å². The van der Waals surface area contributed by atoms with Crippen LogP contribution in [0.2, 0.25) is 0 Å². The van der Waals surface area contributed by atoms with Crippen molar-refractivity contribution < 1.29 is 0 Å². The number of nitrogens with zero attached hydrogens (tertiary/aromatic N) is 4. The van der Waals surface area contributed by atoms with Crippen LogP contribution in [0.25, 0.3) is 66.4 Å². The van der Waals surface area contributed by atoms with E-state index in [4.69, 9.17) is 4.98 Å². The van der Waals surface area contributed by atoms with E-state index >= 15 is 0 Å². The second kappa shape index (κ2) is 7.95. The summed E-state index contributed by atoms with van der Waals surface area (Å²) in [6.07, 6.45) is 4.34. The number of rotatable bonds is 3. The first-order valence-electron chi connectivity index (χ1n) is 12.9. The number of hydrogen-bond donors (Lipinski definition) is 0. The first-order chi connectivity index (χ1) is 18.8. The predicted molar refractivity (Wildman–Crippen MR) is 157 cm³/mol. The van der Waals surface area contributed by atoms with Crippen LogP contribution in [0.3, 0.4) is 0 Å². The van der Waals surface area contributed by atoms with E-state index < -0.39 is 0 Å². The Morgan fingerprint density at radius 3 is 2.18 bits per heavy atom. The Hall–Kier alpha value is -5.09. The SMILES string of the molecule is Cn1cc(-c2ccccc2)c2cc3c(cc21)c1ccccc1n3-c1cccc(-n2ccc3ccccc32)n1. The molecular formula is C34H24N4. The molecule has 0 radical (unpaired) electrons. The zero-order valence-corrected chi connectivity index (χ0v) is 20.9. The molecule has 0 saturated carbocycles. The van der Waals surface area contributed by atoms with E-state index in [1.54, 1.807) is 0 Å². The maximum Gasteiger partial charge on any atom is 0.140 e. The Morgan fingerprint density at radius 2 is 1.29 bits per heavy atom. The van der Waals surface area contributed by atoms with Crippen LogP contribution in [-0.2, 0) is 7.05 Å². The van der Waals surface area contributed by atoms with E-state index in [0.717, 1.165) is 28.2 Å². The van der Waals surface area contributed by atoms with Gasteiger partial charge in [-0.15, -0.1) is 0 Å². The van der Waals surface area contributed by atoms with Gasteiger partial charge in [-0.05, 0) is 53.4 Å². The van der Waals surface area contributed by atoms with E-state index in [0.29, 0.717) is 0 Å². The molecule has 8 rings (SSSR count). The summed E-state index contributed by atoms with van der Waals surface area (Å²) in [6, 6.07) is 40.8. The highest BCUT2D eigenvalue weighted by atomic mass is 15.1. The van der Waals surface area contributed by atoms with E-state index in [-0.39, 0.29) is 0 Å². The molecule has 0 amide bonds. The average Bonchev–Trinajstić information content (AvgIpc) is 3.64. The minimum Gasteiger partial charge on any atom is -0.350 e. The molecule has 4 heteroatoms. The van der Waals surface area contributed by atoms with Gasteiger partial charge in [0, 0.05) is 46.7 Å². The van der Waals surface area contributed by atoms with Crippen LogP contribution in [0.15, 0.2) is 128 Å². The van der Waals surface area contributed by atoms with E-state index in [1.165, 1.54) is 38.2 Å². The molecule has 180 valence electrons. The Morgan fingerprint density at radius 1 is 0.553 bits per heavy atom. The van der Waals surface area contributed by atoms with Gasteiger partial charge in [-0.1, -0.05) is 72.8 Å². The standard InChI is InChI=1S/C34H24N4/c1-36-22-28(23-10-3-2-4-11-23)27-21-32-26(20-31(27)36)25-13-6-8-15-30(25)38(32)34-17-9-16-33(35-34)37-19-18-24-12-5-7-14-29(24)37/h2-22H,1H3. The molecule has 0 N–H and O–H groups in total. The lowest BCUT2D eigenvalue weighted by molar-refractivity contribution is 0.971. The minimum atomic E-state index is 0.903. The van der Waals surface area contributed by atoms with Gasteiger partial charge in [-0.3, -0.25) is 4.57 Å². The second-order valence-corrected chi connectivity index (χ2v) is 9.86. The molecule has 0 saturated heterocycles. The molecule has 0 fully saturated rings. The molecule has 0 aliphatic carbocycles. The van der Waals surface area contributed by atoms with Gasteiger partial charge in [0.1, 0.15) is 11.6 Å². The van der Waals surface area contributed by atoms with E-state index in [9.17, 15) is 0 Å². The molecule has 0 bridgehead atoms. The summed E-state index contributed by atoms with van der Waals surface area (Å²) in [7, 11) is 2.13. The Balaban J connectivity index is 1.42. The highest BCUT2D eigenvalue weighted by Gasteiger charge is 2.17. The third-order valence-corrected chi connectivity index (χ3v) is 7.66. The van der Waals surface area contributed by atoms with Crippen LogP contribution in [0.4, 0.5) is 0 Å². The van der Waals surface area contributed by atoms with Gasteiger partial charge in [0.05, 0.1) is 16.6 Å². The first kappa shape index (κ1) is 21.0. The number of benzene rings is 4. The van der Waals surface area contributed by atoms with Crippen LogP contribution in [0.5, 0.6) is 0 Å². The van der Waals surface area contributed by atoms with Crippen molar-refractivity contribution in [2.75, 3.05) is 0 Å². The number of para-hydroxylation sites is 2. The van der Waals surface area contributed by atoms with Gasteiger partial charge in [-0.2, -0.15) is 0 Å². The molecule has 0 atom stereocenters. The zero-order chi connectivity index (χ0) is 25.2. The molecular weight excluding hydrogens is 464 g/mol. The van der Waals surface area contributed by atoms with Crippen LogP contribution < -0.4 is 0 Å². The molecule has 4 nitrogen and oxygen atoms in total. The van der Waals surface area contributed by atoms with Crippen LogP contribution >= 0.6 is 0 Å². The molecule has 38 heavy (non-hydrogen) atoms. The minimum absolute atomic E-state index is 0.903. The summed E-state index contributed by atoms with van der Waals surface area (Å²) in [5.41, 5.74) is 7.14. The topological polar surface area (TPSA) is 27.7 Å². The molecule has 4 aromatic heterocycles. The lowest BCUT2D eigenvalue weighted by atomic mass is 10.0. The first-order valence-corrected chi connectivity index (χ1v) is 12.9. The normalized spacial score (nSPS) is 11.8. The molecule has 4 aromatic carbocycles. The van der Waals surface area contributed by atoms with Crippen molar-refractivity contribution in [1.29, 1.82) is 0 Å². The van der Waals surface area contributed by atoms with Crippen LogP contribution in [-0.4, -0.2) is 18.7 Å². The number of pyridine rings is 1. The lowest BCUT2D eigenvalue weighted by Crippen LogP contribution is -2.02. The summed E-state index contributed by atoms with van der Waals surface area (Å²) >= 11 is 0. The number of aromatic nitrogens is 4. The quantitative estimate of drug-likeness (QED) is 0.246. The Bertz CT molecular complexity index is 2140. The fraction of sp³-hybridized carbons (Fsp3) is 0.0294. The maximum absolute atomic E-state index is 5.19. The maximum atomic E-state index is 5.19. The highest BCUT2D eigenvalue weighted by molar-refractivity contribution is 6.15. The lowest BCUT2D eigenvalue weighted by Gasteiger charge is -2.11. The van der Waals surface area contributed by atoms with Gasteiger partial charge >= 0.3 is 0 Å². The second-order valence-electron chi connectivity index (χ2n) is 9.86. The van der Waals surface area contributed by atoms with Gasteiger partial charge in [0.25, 0.3) is 0 Å². The molecule has 0 spiro atoms. The largest absolute Gasteiger partial charge is 0.350 e. The van der Waals surface area contributed by atoms with Crippen molar-refractivity contribution in [3.8, 4) is 22.8 Å². The van der Waals surface area contributed by atoms with Crippen molar-refractivity contribution in [1.82, 2.24) is 18.7 Å². The molecule has 8 aromatic rings. The fourth-order valence-corrected chi connectivity index (χ4v) is 5.89. The Kier molecular flexibility index (Phi) is 4.40. The predicted octanol–water partition coefficient (Wildman–Crippen LogP) is 8.28.